The second-order valence-corrected chi connectivity index (χ2v) is 5.18. The van der Waals surface area contributed by atoms with Crippen molar-refractivity contribution in [1.82, 2.24) is 0 Å². The van der Waals surface area contributed by atoms with Gasteiger partial charge in [0.25, 0.3) is 0 Å². The van der Waals surface area contributed by atoms with E-state index in [1.165, 1.54) is 12.1 Å². The number of hydrogen-bond donors (Lipinski definition) is 4. The molecule has 0 aliphatic heterocycles. The van der Waals surface area contributed by atoms with Crippen LogP contribution < -0.4 is 11.1 Å². The van der Waals surface area contributed by atoms with E-state index in [1.54, 1.807) is 0 Å². The molecule has 0 heterocycles. The summed E-state index contributed by atoms with van der Waals surface area (Å²) in [5.74, 6) is -1.61. The Bertz CT molecular complexity index is 536. The normalized spacial score (nSPS) is 16.9. The number of carboxylic acids is 1. The molecule has 0 spiro atoms. The largest absolute Gasteiger partial charge is 0.508 e. The highest BCUT2D eigenvalue weighted by Gasteiger charge is 2.40. The summed E-state index contributed by atoms with van der Waals surface area (Å²) in [6, 6.07) is 3.84. The smallest absolute Gasteiger partial charge is 0.337 e. The number of phenolic OH excluding ortho intramolecular Hbond substituents is 1. The molecule has 0 aromatic heterocycles. The van der Waals surface area contributed by atoms with Crippen LogP contribution in [0.25, 0.3) is 0 Å². The molecule has 1 amide bonds. The molecule has 6 heteroatoms. The molecular weight excluding hydrogens is 260 g/mol. The first kappa shape index (κ1) is 14.3. The highest BCUT2D eigenvalue weighted by molar-refractivity contribution is 6.02. The summed E-state index contributed by atoms with van der Waals surface area (Å²) in [7, 11) is 0. The van der Waals surface area contributed by atoms with Crippen molar-refractivity contribution in [2.24, 2.45) is 11.1 Å². The molecule has 0 unspecified atom stereocenters. The first-order valence-electron chi connectivity index (χ1n) is 6.56. The fourth-order valence-corrected chi connectivity index (χ4v) is 2.65. The predicted molar refractivity (Wildman–Crippen MR) is 73.7 cm³/mol. The summed E-state index contributed by atoms with van der Waals surface area (Å²) in [5.41, 5.74) is 5.17. The van der Waals surface area contributed by atoms with Gasteiger partial charge in [0.1, 0.15) is 5.75 Å². The molecule has 1 saturated carbocycles. The molecule has 0 radical (unpaired) electrons. The van der Waals surface area contributed by atoms with Gasteiger partial charge < -0.3 is 21.3 Å². The number of benzene rings is 1. The number of amides is 1. The van der Waals surface area contributed by atoms with E-state index >= 15 is 0 Å². The lowest BCUT2D eigenvalue weighted by Crippen LogP contribution is -2.40. The lowest BCUT2D eigenvalue weighted by molar-refractivity contribution is -0.124. The zero-order valence-electron chi connectivity index (χ0n) is 11.1. The van der Waals surface area contributed by atoms with Crippen molar-refractivity contribution in [3.8, 4) is 5.75 Å². The molecule has 1 aromatic carbocycles. The third-order valence-corrected chi connectivity index (χ3v) is 3.91. The molecule has 0 saturated heterocycles. The monoisotopic (exact) mass is 278 g/mol. The van der Waals surface area contributed by atoms with Crippen molar-refractivity contribution >= 4 is 17.6 Å². The number of nitrogens with one attached hydrogen (secondary N) is 1. The van der Waals surface area contributed by atoms with E-state index in [9.17, 15) is 14.7 Å². The fraction of sp³-hybridized carbons (Fsp3) is 0.429. The van der Waals surface area contributed by atoms with E-state index in [4.69, 9.17) is 10.8 Å². The number of rotatable bonds is 4. The maximum Gasteiger partial charge on any atom is 0.337 e. The summed E-state index contributed by atoms with van der Waals surface area (Å²) in [4.78, 5) is 23.5. The Kier molecular flexibility index (Phi) is 3.94. The van der Waals surface area contributed by atoms with Gasteiger partial charge >= 0.3 is 5.97 Å². The SMILES string of the molecule is NCC1(C(=O)Nc2ccc(O)cc2C(=O)O)CCCC1. The van der Waals surface area contributed by atoms with E-state index < -0.39 is 11.4 Å². The minimum absolute atomic E-state index is 0.136. The number of aromatic carboxylic acids is 1. The minimum Gasteiger partial charge on any atom is -0.508 e. The number of aromatic hydroxyl groups is 1. The maximum absolute atomic E-state index is 12.4. The van der Waals surface area contributed by atoms with Crippen LogP contribution in [0.15, 0.2) is 18.2 Å². The third-order valence-electron chi connectivity index (χ3n) is 3.91. The molecule has 20 heavy (non-hydrogen) atoms. The van der Waals surface area contributed by atoms with Crippen molar-refractivity contribution in [3.63, 3.8) is 0 Å². The standard InChI is InChI=1S/C14H18N2O4/c15-8-14(5-1-2-6-14)13(20)16-11-4-3-9(17)7-10(11)12(18)19/h3-4,7,17H,1-2,5-6,8,15H2,(H,16,20)(H,18,19). The van der Waals surface area contributed by atoms with Crippen molar-refractivity contribution in [3.05, 3.63) is 23.8 Å². The number of phenols is 1. The number of nitrogens with two attached hydrogens (primary N) is 1. The van der Waals surface area contributed by atoms with Gasteiger partial charge in [0, 0.05) is 6.54 Å². The highest BCUT2D eigenvalue weighted by atomic mass is 16.4. The molecule has 5 N–H and O–H groups in total. The van der Waals surface area contributed by atoms with E-state index in [0.717, 1.165) is 31.7 Å². The average molecular weight is 278 g/mol. The number of carboxylic acid groups (broad SMARTS) is 1. The molecule has 1 aliphatic rings. The quantitative estimate of drug-likeness (QED) is 0.624. The lowest BCUT2D eigenvalue weighted by atomic mass is 9.85. The van der Waals surface area contributed by atoms with Gasteiger partial charge in [-0.15, -0.1) is 0 Å². The zero-order chi connectivity index (χ0) is 14.8. The average Bonchev–Trinajstić information content (AvgIpc) is 2.90. The van der Waals surface area contributed by atoms with E-state index in [-0.39, 0.29) is 29.5 Å². The first-order valence-corrected chi connectivity index (χ1v) is 6.56. The molecule has 1 aromatic rings. The maximum atomic E-state index is 12.4. The molecule has 6 nitrogen and oxygen atoms in total. The van der Waals surface area contributed by atoms with Gasteiger partial charge in [-0.2, -0.15) is 0 Å². The number of hydrogen-bond acceptors (Lipinski definition) is 4. The van der Waals surface area contributed by atoms with E-state index in [1.807, 2.05) is 0 Å². The molecule has 1 fully saturated rings. The number of carbonyl (C=O) groups is 2. The number of anilines is 1. The number of carbonyl (C=O) groups excluding carboxylic acids is 1. The van der Waals surface area contributed by atoms with Crippen molar-refractivity contribution in [1.29, 1.82) is 0 Å². The van der Waals surface area contributed by atoms with Crippen molar-refractivity contribution < 1.29 is 19.8 Å². The summed E-state index contributed by atoms with van der Waals surface area (Å²) in [5, 5.41) is 21.1. The molecule has 108 valence electrons. The van der Waals surface area contributed by atoms with Crippen molar-refractivity contribution in [2.75, 3.05) is 11.9 Å². The van der Waals surface area contributed by atoms with Crippen LogP contribution in [-0.4, -0.2) is 28.6 Å². The van der Waals surface area contributed by atoms with Gasteiger partial charge in [-0.3, -0.25) is 4.79 Å². The molecule has 2 rings (SSSR count). The van der Waals surface area contributed by atoms with E-state index in [0.29, 0.717) is 0 Å². The molecule has 0 atom stereocenters. The van der Waals surface area contributed by atoms with Crippen LogP contribution in [0.1, 0.15) is 36.0 Å². The Morgan fingerprint density at radius 3 is 2.50 bits per heavy atom. The fourth-order valence-electron chi connectivity index (χ4n) is 2.65. The summed E-state index contributed by atoms with van der Waals surface area (Å²) < 4.78 is 0. The summed E-state index contributed by atoms with van der Waals surface area (Å²) in [6.07, 6.45) is 3.34. The van der Waals surface area contributed by atoms with Crippen LogP contribution in [0.4, 0.5) is 5.69 Å². The van der Waals surface area contributed by atoms with Gasteiger partial charge in [0.15, 0.2) is 0 Å². The highest BCUT2D eigenvalue weighted by Crippen LogP contribution is 2.38. The van der Waals surface area contributed by atoms with Crippen LogP contribution in [-0.2, 0) is 4.79 Å². The Labute approximate surface area is 116 Å². The van der Waals surface area contributed by atoms with Crippen LogP contribution in [0.2, 0.25) is 0 Å². The Balaban J connectivity index is 2.25. The lowest BCUT2D eigenvalue weighted by Gasteiger charge is -2.26. The van der Waals surface area contributed by atoms with Crippen LogP contribution in [0.5, 0.6) is 5.75 Å². The van der Waals surface area contributed by atoms with Crippen molar-refractivity contribution in [2.45, 2.75) is 25.7 Å². The van der Waals surface area contributed by atoms with E-state index in [2.05, 4.69) is 5.32 Å². The van der Waals surface area contributed by atoms with Gasteiger partial charge in [0.05, 0.1) is 16.7 Å². The Hall–Kier alpha value is -2.08. The Morgan fingerprint density at radius 2 is 1.95 bits per heavy atom. The van der Waals surface area contributed by atoms with Crippen LogP contribution in [0.3, 0.4) is 0 Å². The molecular formula is C14H18N2O4. The van der Waals surface area contributed by atoms with Gasteiger partial charge in [-0.25, -0.2) is 4.79 Å². The molecule has 1 aliphatic carbocycles. The van der Waals surface area contributed by atoms with Crippen LogP contribution in [0, 0.1) is 5.41 Å². The van der Waals surface area contributed by atoms with Gasteiger partial charge in [-0.1, -0.05) is 12.8 Å². The van der Waals surface area contributed by atoms with Gasteiger partial charge in [-0.05, 0) is 31.0 Å². The second kappa shape index (κ2) is 5.50. The second-order valence-electron chi connectivity index (χ2n) is 5.18. The predicted octanol–water partition coefficient (Wildman–Crippen LogP) is 1.55. The topological polar surface area (TPSA) is 113 Å². The Morgan fingerprint density at radius 1 is 1.30 bits per heavy atom. The summed E-state index contributed by atoms with van der Waals surface area (Å²) >= 11 is 0. The van der Waals surface area contributed by atoms with Gasteiger partial charge in [0.2, 0.25) is 5.91 Å². The van der Waals surface area contributed by atoms with Crippen LogP contribution >= 0.6 is 0 Å². The third kappa shape index (κ3) is 2.60. The zero-order valence-corrected chi connectivity index (χ0v) is 11.1. The summed E-state index contributed by atoms with van der Waals surface area (Å²) in [6.45, 7) is 0.249. The molecule has 0 bridgehead atoms. The minimum atomic E-state index is -1.20. The first-order chi connectivity index (χ1) is 9.48.